The van der Waals surface area contributed by atoms with E-state index in [1.807, 2.05) is 30.3 Å². The van der Waals surface area contributed by atoms with Crippen LogP contribution in [0.5, 0.6) is 0 Å². The Bertz CT molecular complexity index is 455. The predicted molar refractivity (Wildman–Crippen MR) is 75.5 cm³/mol. The van der Waals surface area contributed by atoms with Crippen molar-refractivity contribution in [1.29, 1.82) is 0 Å². The van der Waals surface area contributed by atoms with Crippen LogP contribution in [0.4, 0.5) is 0 Å². The zero-order valence-electron chi connectivity index (χ0n) is 9.38. The van der Waals surface area contributed by atoms with Crippen molar-refractivity contribution in [2.75, 3.05) is 0 Å². The van der Waals surface area contributed by atoms with E-state index in [-0.39, 0.29) is 5.38 Å². The molecule has 17 heavy (non-hydrogen) atoms. The average molecular weight is 288 g/mol. The SMILES string of the molecule is O=P1(c2ccccc2)NC2CC(Cl)CCC2S1. The van der Waals surface area contributed by atoms with Gasteiger partial charge in [0, 0.05) is 22.0 Å². The van der Waals surface area contributed by atoms with E-state index in [0.717, 1.165) is 24.6 Å². The Kier molecular flexibility index (Phi) is 3.29. The maximum Gasteiger partial charge on any atom is 0.230 e. The number of alkyl halides is 1. The molecule has 1 saturated heterocycles. The molecule has 4 unspecified atom stereocenters. The van der Waals surface area contributed by atoms with Crippen LogP contribution in [0.15, 0.2) is 30.3 Å². The molecule has 1 aromatic carbocycles. The number of benzene rings is 1. The van der Waals surface area contributed by atoms with Crippen LogP contribution in [0, 0.1) is 0 Å². The first-order chi connectivity index (χ1) is 8.17. The van der Waals surface area contributed by atoms with Crippen molar-refractivity contribution in [2.24, 2.45) is 0 Å². The molecular weight excluding hydrogens is 273 g/mol. The van der Waals surface area contributed by atoms with Crippen LogP contribution >= 0.6 is 29.5 Å². The van der Waals surface area contributed by atoms with Crippen molar-refractivity contribution in [1.82, 2.24) is 5.09 Å². The van der Waals surface area contributed by atoms with Crippen molar-refractivity contribution in [3.63, 3.8) is 0 Å². The molecule has 1 saturated carbocycles. The van der Waals surface area contributed by atoms with E-state index in [2.05, 4.69) is 5.09 Å². The number of rotatable bonds is 1. The van der Waals surface area contributed by atoms with Crippen molar-refractivity contribution in [3.05, 3.63) is 30.3 Å². The van der Waals surface area contributed by atoms with E-state index in [1.54, 1.807) is 11.4 Å². The molecule has 0 bridgehead atoms. The van der Waals surface area contributed by atoms with Crippen LogP contribution in [0.3, 0.4) is 0 Å². The molecule has 1 aromatic rings. The Balaban J connectivity index is 1.85. The van der Waals surface area contributed by atoms with Gasteiger partial charge >= 0.3 is 0 Å². The summed E-state index contributed by atoms with van der Waals surface area (Å²) in [5.74, 6) is 0. The highest BCUT2D eigenvalue weighted by molar-refractivity contribution is 8.60. The molecule has 92 valence electrons. The molecule has 2 aliphatic rings. The van der Waals surface area contributed by atoms with Crippen LogP contribution in [-0.2, 0) is 4.57 Å². The Morgan fingerprint density at radius 3 is 2.82 bits per heavy atom. The largest absolute Gasteiger partial charge is 0.290 e. The minimum Gasteiger partial charge on any atom is -0.290 e. The van der Waals surface area contributed by atoms with Gasteiger partial charge in [0.2, 0.25) is 6.49 Å². The average Bonchev–Trinajstić information content (AvgIpc) is 2.67. The van der Waals surface area contributed by atoms with Crippen LogP contribution in [0.2, 0.25) is 0 Å². The molecule has 5 heteroatoms. The van der Waals surface area contributed by atoms with Gasteiger partial charge in [0.1, 0.15) is 0 Å². The van der Waals surface area contributed by atoms with Gasteiger partial charge in [-0.15, -0.1) is 11.6 Å². The number of hydrogen-bond acceptors (Lipinski definition) is 2. The first-order valence-electron chi connectivity index (χ1n) is 5.93. The topological polar surface area (TPSA) is 29.1 Å². The molecule has 2 fully saturated rings. The van der Waals surface area contributed by atoms with Crippen LogP contribution in [-0.4, -0.2) is 16.7 Å². The van der Waals surface area contributed by atoms with Gasteiger partial charge in [-0.25, -0.2) is 0 Å². The number of fused-ring (bicyclic) bond motifs is 1. The predicted octanol–water partition coefficient (Wildman–Crippen LogP) is 3.37. The van der Waals surface area contributed by atoms with Gasteiger partial charge in [0.15, 0.2) is 0 Å². The Morgan fingerprint density at radius 2 is 2.06 bits per heavy atom. The minimum atomic E-state index is -2.45. The Morgan fingerprint density at radius 1 is 1.29 bits per heavy atom. The fourth-order valence-corrected chi connectivity index (χ4v) is 8.76. The van der Waals surface area contributed by atoms with E-state index >= 15 is 0 Å². The standard InChI is InChI=1S/C12H15ClNOPS/c13-9-6-7-12-11(8-9)14-16(15,17-12)10-4-2-1-3-5-10/h1-5,9,11-12H,6-8H2,(H,14,15). The summed E-state index contributed by atoms with van der Waals surface area (Å²) < 4.78 is 12.9. The van der Waals surface area contributed by atoms with E-state index in [0.29, 0.717) is 11.3 Å². The summed E-state index contributed by atoms with van der Waals surface area (Å²) in [6.45, 7) is -2.45. The lowest BCUT2D eigenvalue weighted by molar-refractivity contribution is 0.441. The molecule has 0 radical (unpaired) electrons. The summed E-state index contributed by atoms with van der Waals surface area (Å²) in [7, 11) is 0. The number of hydrogen-bond donors (Lipinski definition) is 1. The summed E-state index contributed by atoms with van der Waals surface area (Å²) in [5.41, 5.74) is 0. The summed E-state index contributed by atoms with van der Waals surface area (Å²) in [5, 5.41) is 5.00. The quantitative estimate of drug-likeness (QED) is 0.634. The first kappa shape index (κ1) is 12.1. The van der Waals surface area contributed by atoms with E-state index < -0.39 is 6.49 Å². The molecule has 0 aromatic heterocycles. The molecule has 1 N–H and O–H groups in total. The molecule has 0 spiro atoms. The monoisotopic (exact) mass is 287 g/mol. The normalized spacial score (nSPS) is 41.1. The van der Waals surface area contributed by atoms with Crippen LogP contribution in [0.1, 0.15) is 19.3 Å². The van der Waals surface area contributed by atoms with Gasteiger partial charge in [-0.2, -0.15) is 0 Å². The Labute approximate surface area is 111 Å². The molecule has 1 aliphatic heterocycles. The summed E-state index contributed by atoms with van der Waals surface area (Å²) in [6, 6.07) is 10.1. The molecular formula is C12H15ClNOPS. The second kappa shape index (κ2) is 4.62. The fourth-order valence-electron chi connectivity index (χ4n) is 2.55. The third kappa shape index (κ3) is 2.31. The zero-order chi connectivity index (χ0) is 11.9. The smallest absolute Gasteiger partial charge is 0.230 e. The van der Waals surface area contributed by atoms with Crippen molar-refractivity contribution >= 4 is 34.8 Å². The van der Waals surface area contributed by atoms with Crippen LogP contribution < -0.4 is 10.4 Å². The molecule has 0 amide bonds. The maximum atomic E-state index is 12.9. The van der Waals surface area contributed by atoms with Crippen molar-refractivity contribution in [2.45, 2.75) is 35.9 Å². The summed E-state index contributed by atoms with van der Waals surface area (Å²) in [4.78, 5) is 0. The molecule has 2 nitrogen and oxygen atoms in total. The first-order valence-corrected chi connectivity index (χ1v) is 9.56. The van der Waals surface area contributed by atoms with E-state index in [4.69, 9.17) is 11.6 Å². The summed E-state index contributed by atoms with van der Waals surface area (Å²) in [6.07, 6.45) is 3.07. The summed E-state index contributed by atoms with van der Waals surface area (Å²) >= 11 is 7.82. The zero-order valence-corrected chi connectivity index (χ0v) is 11.8. The van der Waals surface area contributed by atoms with Gasteiger partial charge in [-0.1, -0.05) is 29.6 Å². The number of nitrogens with one attached hydrogen (secondary N) is 1. The van der Waals surface area contributed by atoms with Crippen molar-refractivity contribution < 1.29 is 4.57 Å². The van der Waals surface area contributed by atoms with Gasteiger partial charge in [0.05, 0.1) is 0 Å². The highest BCUT2D eigenvalue weighted by Gasteiger charge is 2.45. The molecule has 4 atom stereocenters. The molecule has 1 heterocycles. The highest BCUT2D eigenvalue weighted by Crippen LogP contribution is 2.64. The molecule has 1 aliphatic carbocycles. The fraction of sp³-hybridized carbons (Fsp3) is 0.500. The van der Waals surface area contributed by atoms with Gasteiger partial charge in [-0.3, -0.25) is 9.65 Å². The van der Waals surface area contributed by atoms with Gasteiger partial charge in [0.25, 0.3) is 0 Å². The van der Waals surface area contributed by atoms with Gasteiger partial charge in [-0.05, 0) is 31.4 Å². The van der Waals surface area contributed by atoms with Crippen LogP contribution in [0.25, 0.3) is 0 Å². The second-order valence-corrected chi connectivity index (χ2v) is 10.2. The second-order valence-electron chi connectivity index (χ2n) is 4.68. The van der Waals surface area contributed by atoms with Gasteiger partial charge < -0.3 is 0 Å². The lowest BCUT2D eigenvalue weighted by Gasteiger charge is -2.26. The third-order valence-corrected chi connectivity index (χ3v) is 9.27. The lowest BCUT2D eigenvalue weighted by atomic mass is 9.95. The molecule has 3 rings (SSSR count). The van der Waals surface area contributed by atoms with Crippen molar-refractivity contribution in [3.8, 4) is 0 Å². The third-order valence-electron chi connectivity index (χ3n) is 3.44. The number of halogens is 1. The lowest BCUT2D eigenvalue weighted by Crippen LogP contribution is -2.36. The van der Waals surface area contributed by atoms with E-state index in [1.165, 1.54) is 0 Å². The van der Waals surface area contributed by atoms with E-state index in [9.17, 15) is 4.57 Å². The maximum absolute atomic E-state index is 12.9. The minimum absolute atomic E-state index is 0.242. The highest BCUT2D eigenvalue weighted by atomic mass is 35.5. The Hall–Kier alpha value is 0.0500.